The number of esters is 1. The van der Waals surface area contributed by atoms with Gasteiger partial charge in [0, 0.05) is 4.90 Å². The summed E-state index contributed by atoms with van der Waals surface area (Å²) in [6, 6.07) is 3.92. The molecular weight excluding hydrogens is 218 g/mol. The first-order valence-corrected chi connectivity index (χ1v) is 5.90. The fraction of sp³-hybridized carbons (Fsp3) is 0.333. The highest BCUT2D eigenvalue weighted by Gasteiger charge is 2.07. The van der Waals surface area contributed by atoms with Crippen molar-refractivity contribution in [2.24, 2.45) is 0 Å². The minimum absolute atomic E-state index is 0.243. The second-order valence-electron chi connectivity index (χ2n) is 2.32. The van der Waals surface area contributed by atoms with Crippen molar-refractivity contribution in [3.8, 4) is 6.07 Å². The Balaban J connectivity index is 2.46. The average Bonchev–Trinajstić information content (AvgIpc) is 2.62. The lowest BCUT2D eigenvalue weighted by Crippen LogP contribution is -2.06. The Morgan fingerprint density at radius 1 is 1.79 bits per heavy atom. The van der Waals surface area contributed by atoms with Crippen LogP contribution in [0.1, 0.15) is 11.8 Å². The summed E-state index contributed by atoms with van der Waals surface area (Å²) >= 11 is 2.72. The van der Waals surface area contributed by atoms with Crippen LogP contribution in [0.2, 0.25) is 0 Å². The molecule has 0 N–H and O–H groups in total. The third kappa shape index (κ3) is 3.05. The van der Waals surface area contributed by atoms with Crippen LogP contribution in [0.3, 0.4) is 0 Å². The van der Waals surface area contributed by atoms with E-state index in [0.717, 1.165) is 4.90 Å². The van der Waals surface area contributed by atoms with Crippen LogP contribution >= 0.6 is 23.1 Å². The normalized spacial score (nSPS) is 9.43. The van der Waals surface area contributed by atoms with Crippen molar-refractivity contribution in [2.45, 2.75) is 11.8 Å². The van der Waals surface area contributed by atoms with E-state index in [-0.39, 0.29) is 11.7 Å². The van der Waals surface area contributed by atoms with Crippen LogP contribution in [0, 0.1) is 11.3 Å². The minimum atomic E-state index is -0.243. The summed E-state index contributed by atoms with van der Waals surface area (Å²) in [6.45, 7) is 2.17. The van der Waals surface area contributed by atoms with Gasteiger partial charge in [-0.1, -0.05) is 0 Å². The van der Waals surface area contributed by atoms with E-state index in [1.54, 1.807) is 6.92 Å². The second-order valence-corrected chi connectivity index (χ2v) is 4.25. The molecule has 0 aromatic carbocycles. The van der Waals surface area contributed by atoms with Crippen LogP contribution in [0.15, 0.2) is 16.3 Å². The summed E-state index contributed by atoms with van der Waals surface area (Å²) in [6.07, 6.45) is 0. The van der Waals surface area contributed by atoms with Gasteiger partial charge in [0.1, 0.15) is 10.9 Å². The van der Waals surface area contributed by atoms with E-state index in [1.807, 2.05) is 11.4 Å². The number of nitriles is 1. The van der Waals surface area contributed by atoms with Crippen molar-refractivity contribution >= 4 is 29.1 Å². The van der Waals surface area contributed by atoms with Crippen molar-refractivity contribution in [1.82, 2.24) is 0 Å². The summed E-state index contributed by atoms with van der Waals surface area (Å²) in [4.78, 5) is 12.5. The highest BCUT2D eigenvalue weighted by Crippen LogP contribution is 2.26. The molecule has 0 unspecified atom stereocenters. The molecule has 1 aromatic heterocycles. The highest BCUT2D eigenvalue weighted by atomic mass is 32.2. The molecule has 0 radical (unpaired) electrons. The SMILES string of the molecule is CCOC(=O)CSc1ccsc1C#N. The monoisotopic (exact) mass is 227 g/mol. The molecule has 0 aliphatic carbocycles. The maximum atomic E-state index is 11.0. The van der Waals surface area contributed by atoms with Gasteiger partial charge in [-0.05, 0) is 18.4 Å². The first kappa shape index (κ1) is 11.1. The summed E-state index contributed by atoms with van der Waals surface area (Å²) in [7, 11) is 0. The number of carbonyl (C=O) groups excluding carboxylic acids is 1. The molecule has 3 nitrogen and oxygen atoms in total. The van der Waals surface area contributed by atoms with E-state index in [0.29, 0.717) is 11.5 Å². The molecule has 74 valence electrons. The fourth-order valence-corrected chi connectivity index (χ4v) is 2.51. The summed E-state index contributed by atoms with van der Waals surface area (Å²) in [5, 5.41) is 10.5. The van der Waals surface area contributed by atoms with E-state index >= 15 is 0 Å². The molecule has 14 heavy (non-hydrogen) atoms. The molecule has 5 heteroatoms. The first-order chi connectivity index (χ1) is 6.77. The summed E-state index contributed by atoms with van der Waals surface area (Å²) in [5.41, 5.74) is 0. The van der Waals surface area contributed by atoms with Crippen molar-refractivity contribution in [3.05, 3.63) is 16.3 Å². The Morgan fingerprint density at radius 2 is 2.57 bits per heavy atom. The summed E-state index contributed by atoms with van der Waals surface area (Å²) < 4.78 is 4.77. The zero-order chi connectivity index (χ0) is 10.4. The van der Waals surface area contributed by atoms with E-state index < -0.39 is 0 Å². The van der Waals surface area contributed by atoms with E-state index in [4.69, 9.17) is 10.00 Å². The van der Waals surface area contributed by atoms with Gasteiger partial charge in [-0.25, -0.2) is 0 Å². The third-order valence-electron chi connectivity index (χ3n) is 1.38. The van der Waals surface area contributed by atoms with Gasteiger partial charge >= 0.3 is 5.97 Å². The van der Waals surface area contributed by atoms with Crippen LogP contribution < -0.4 is 0 Å². The standard InChI is InChI=1S/C9H9NO2S2/c1-2-12-9(11)6-14-7-3-4-13-8(7)5-10/h3-4H,2,6H2,1H3. The van der Waals surface area contributed by atoms with Crippen LogP contribution in [0.4, 0.5) is 0 Å². The molecule has 0 aliphatic rings. The number of hydrogen-bond donors (Lipinski definition) is 0. The zero-order valence-corrected chi connectivity index (χ0v) is 9.28. The molecule has 0 saturated carbocycles. The number of ether oxygens (including phenoxy) is 1. The highest BCUT2D eigenvalue weighted by molar-refractivity contribution is 8.00. The van der Waals surface area contributed by atoms with E-state index in [9.17, 15) is 4.79 Å². The van der Waals surface area contributed by atoms with Gasteiger partial charge in [-0.3, -0.25) is 4.79 Å². The number of thiophene rings is 1. The fourth-order valence-electron chi connectivity index (χ4n) is 0.832. The van der Waals surface area contributed by atoms with Gasteiger partial charge in [-0.2, -0.15) is 5.26 Å². The Bertz CT molecular complexity index is 354. The van der Waals surface area contributed by atoms with Crippen LogP contribution in [-0.2, 0) is 9.53 Å². The smallest absolute Gasteiger partial charge is 0.316 e. The van der Waals surface area contributed by atoms with Crippen molar-refractivity contribution < 1.29 is 9.53 Å². The lowest BCUT2D eigenvalue weighted by Gasteiger charge is -1.99. The van der Waals surface area contributed by atoms with Gasteiger partial charge in [0.05, 0.1) is 12.4 Å². The minimum Gasteiger partial charge on any atom is -0.465 e. The second kappa shape index (κ2) is 5.68. The molecule has 1 rings (SSSR count). The molecule has 0 atom stereocenters. The molecule has 0 saturated heterocycles. The van der Waals surface area contributed by atoms with Crippen LogP contribution in [0.25, 0.3) is 0 Å². The number of hydrogen-bond acceptors (Lipinski definition) is 5. The number of nitrogens with zero attached hydrogens (tertiary/aromatic N) is 1. The van der Waals surface area contributed by atoms with Crippen molar-refractivity contribution in [3.63, 3.8) is 0 Å². The predicted molar refractivity (Wildman–Crippen MR) is 56.4 cm³/mol. The Kier molecular flexibility index (Phi) is 4.50. The molecule has 1 heterocycles. The zero-order valence-electron chi connectivity index (χ0n) is 7.65. The lowest BCUT2D eigenvalue weighted by atomic mass is 10.5. The van der Waals surface area contributed by atoms with Crippen LogP contribution in [-0.4, -0.2) is 18.3 Å². The Labute approximate surface area is 90.7 Å². The molecule has 0 fully saturated rings. The van der Waals surface area contributed by atoms with Gasteiger partial charge < -0.3 is 4.74 Å². The topological polar surface area (TPSA) is 50.1 Å². The van der Waals surface area contributed by atoms with E-state index in [2.05, 4.69) is 6.07 Å². The van der Waals surface area contributed by atoms with E-state index in [1.165, 1.54) is 23.1 Å². The molecule has 0 spiro atoms. The molecule has 1 aromatic rings. The number of carbonyl (C=O) groups is 1. The molecule has 0 amide bonds. The van der Waals surface area contributed by atoms with Crippen molar-refractivity contribution in [1.29, 1.82) is 5.26 Å². The average molecular weight is 227 g/mol. The first-order valence-electron chi connectivity index (χ1n) is 4.04. The molecular formula is C9H9NO2S2. The Morgan fingerprint density at radius 3 is 3.21 bits per heavy atom. The predicted octanol–water partition coefficient (Wildman–Crippen LogP) is 2.27. The van der Waals surface area contributed by atoms with Gasteiger partial charge in [-0.15, -0.1) is 23.1 Å². The number of thioether (sulfide) groups is 1. The molecule has 0 aliphatic heterocycles. The van der Waals surface area contributed by atoms with Gasteiger partial charge in [0.15, 0.2) is 0 Å². The maximum absolute atomic E-state index is 11.0. The van der Waals surface area contributed by atoms with Gasteiger partial charge in [0.2, 0.25) is 0 Å². The molecule has 0 bridgehead atoms. The Hall–Kier alpha value is -0.990. The van der Waals surface area contributed by atoms with Crippen molar-refractivity contribution in [2.75, 3.05) is 12.4 Å². The third-order valence-corrected chi connectivity index (χ3v) is 3.36. The number of rotatable bonds is 4. The van der Waals surface area contributed by atoms with Gasteiger partial charge in [0.25, 0.3) is 0 Å². The quantitative estimate of drug-likeness (QED) is 0.585. The largest absolute Gasteiger partial charge is 0.465 e. The summed E-state index contributed by atoms with van der Waals surface area (Å²) in [5.74, 6) is 0.0202. The maximum Gasteiger partial charge on any atom is 0.316 e. The lowest BCUT2D eigenvalue weighted by molar-refractivity contribution is -0.139. The van der Waals surface area contributed by atoms with Crippen LogP contribution in [0.5, 0.6) is 0 Å².